The molecule has 0 fully saturated rings. The monoisotopic (exact) mass is 264 g/mol. The van der Waals surface area contributed by atoms with Crippen molar-refractivity contribution in [3.05, 3.63) is 29.8 Å². The minimum atomic E-state index is -0.274. The predicted octanol–water partition coefficient (Wildman–Crippen LogP) is 2.71. The highest BCUT2D eigenvalue weighted by molar-refractivity contribution is 5.78. The zero-order valence-electron chi connectivity index (χ0n) is 11.6. The first-order valence-electron chi connectivity index (χ1n) is 6.35. The van der Waals surface area contributed by atoms with Crippen molar-refractivity contribution in [3.8, 4) is 5.75 Å². The first-order valence-corrected chi connectivity index (χ1v) is 6.35. The van der Waals surface area contributed by atoms with Gasteiger partial charge in [-0.1, -0.05) is 12.1 Å². The van der Waals surface area contributed by atoms with E-state index < -0.39 is 0 Å². The Balaban J connectivity index is 2.82. The lowest BCUT2D eigenvalue weighted by atomic mass is 9.91. The van der Waals surface area contributed by atoms with E-state index in [0.29, 0.717) is 13.0 Å². The molecule has 0 bridgehead atoms. The molecule has 0 aliphatic heterocycles. The summed E-state index contributed by atoms with van der Waals surface area (Å²) in [6.45, 7) is 3.65. The number of esters is 1. The summed E-state index contributed by atoms with van der Waals surface area (Å²) in [6, 6.07) is 7.42. The van der Waals surface area contributed by atoms with Crippen LogP contribution >= 0.6 is 0 Å². The number of ether oxygens (including phenoxy) is 2. The van der Waals surface area contributed by atoms with Crippen molar-refractivity contribution in [2.45, 2.75) is 32.6 Å². The SMILES string of the molecule is CCOC(=O)C[C@@H](CC(C)=O)c1ccc(OC)cc1. The summed E-state index contributed by atoms with van der Waals surface area (Å²) in [5.74, 6) is 0.401. The molecule has 0 amide bonds. The van der Waals surface area contributed by atoms with Crippen molar-refractivity contribution in [1.82, 2.24) is 0 Å². The van der Waals surface area contributed by atoms with Crippen LogP contribution in [0.15, 0.2) is 24.3 Å². The first kappa shape index (κ1) is 15.2. The number of ketones is 1. The van der Waals surface area contributed by atoms with E-state index >= 15 is 0 Å². The molecule has 1 atom stereocenters. The van der Waals surface area contributed by atoms with Gasteiger partial charge in [0.25, 0.3) is 0 Å². The molecule has 0 spiro atoms. The zero-order valence-corrected chi connectivity index (χ0v) is 11.6. The van der Waals surface area contributed by atoms with E-state index in [9.17, 15) is 9.59 Å². The molecule has 0 radical (unpaired) electrons. The molecule has 1 aromatic rings. The molecule has 0 saturated carbocycles. The highest BCUT2D eigenvalue weighted by Crippen LogP contribution is 2.26. The van der Waals surface area contributed by atoms with E-state index in [0.717, 1.165) is 11.3 Å². The van der Waals surface area contributed by atoms with Crippen LogP contribution in [-0.2, 0) is 14.3 Å². The summed E-state index contributed by atoms with van der Waals surface area (Å²) in [4.78, 5) is 22.9. The van der Waals surface area contributed by atoms with E-state index in [1.54, 1.807) is 14.0 Å². The Morgan fingerprint density at radius 3 is 2.26 bits per heavy atom. The van der Waals surface area contributed by atoms with Crippen LogP contribution in [0.1, 0.15) is 38.2 Å². The quantitative estimate of drug-likeness (QED) is 0.710. The molecule has 0 aliphatic carbocycles. The lowest BCUT2D eigenvalue weighted by Gasteiger charge is -2.15. The Morgan fingerprint density at radius 1 is 1.16 bits per heavy atom. The fraction of sp³-hybridized carbons (Fsp3) is 0.467. The largest absolute Gasteiger partial charge is 0.497 e. The van der Waals surface area contributed by atoms with Gasteiger partial charge in [0.15, 0.2) is 0 Å². The number of hydrogen-bond donors (Lipinski definition) is 0. The second kappa shape index (κ2) is 7.56. The van der Waals surface area contributed by atoms with Crippen LogP contribution in [-0.4, -0.2) is 25.5 Å². The van der Waals surface area contributed by atoms with Crippen LogP contribution in [0.4, 0.5) is 0 Å². The average Bonchev–Trinajstić information content (AvgIpc) is 2.38. The molecule has 19 heavy (non-hydrogen) atoms. The lowest BCUT2D eigenvalue weighted by Crippen LogP contribution is -2.13. The van der Waals surface area contributed by atoms with Gasteiger partial charge in [-0.25, -0.2) is 0 Å². The third kappa shape index (κ3) is 5.12. The van der Waals surface area contributed by atoms with Crippen LogP contribution in [0, 0.1) is 0 Å². The number of carbonyl (C=O) groups is 2. The van der Waals surface area contributed by atoms with Gasteiger partial charge in [0, 0.05) is 12.3 Å². The summed E-state index contributed by atoms with van der Waals surface area (Å²) < 4.78 is 10.0. The number of hydrogen-bond acceptors (Lipinski definition) is 4. The molecule has 4 nitrogen and oxygen atoms in total. The standard InChI is InChI=1S/C15H20O4/c1-4-19-15(17)10-13(9-11(2)16)12-5-7-14(18-3)8-6-12/h5-8,13H,4,9-10H2,1-3H3/t13-/m1/s1. The summed E-state index contributed by atoms with van der Waals surface area (Å²) >= 11 is 0. The third-order valence-corrected chi connectivity index (χ3v) is 2.84. The van der Waals surface area contributed by atoms with E-state index in [1.165, 1.54) is 6.92 Å². The van der Waals surface area contributed by atoms with E-state index in [1.807, 2.05) is 24.3 Å². The van der Waals surface area contributed by atoms with Crippen LogP contribution < -0.4 is 4.74 Å². The maximum atomic E-state index is 11.6. The normalized spacial score (nSPS) is 11.7. The van der Waals surface area contributed by atoms with Gasteiger partial charge < -0.3 is 14.3 Å². The third-order valence-electron chi connectivity index (χ3n) is 2.84. The van der Waals surface area contributed by atoms with Gasteiger partial charge in [0.2, 0.25) is 0 Å². The van der Waals surface area contributed by atoms with Crippen molar-refractivity contribution in [3.63, 3.8) is 0 Å². The van der Waals surface area contributed by atoms with Gasteiger partial charge in [-0.3, -0.25) is 4.79 Å². The van der Waals surface area contributed by atoms with Crippen molar-refractivity contribution in [2.75, 3.05) is 13.7 Å². The molecular formula is C15H20O4. The van der Waals surface area contributed by atoms with Gasteiger partial charge in [0.1, 0.15) is 11.5 Å². The van der Waals surface area contributed by atoms with Crippen molar-refractivity contribution >= 4 is 11.8 Å². The Bertz CT molecular complexity index is 422. The summed E-state index contributed by atoms with van der Waals surface area (Å²) in [7, 11) is 1.60. The molecule has 1 rings (SSSR count). The van der Waals surface area contributed by atoms with Crippen molar-refractivity contribution in [2.24, 2.45) is 0 Å². The Labute approximate surface area is 113 Å². The molecule has 104 valence electrons. The number of rotatable bonds is 7. The molecule has 0 aliphatic rings. The molecule has 0 heterocycles. The summed E-state index contributed by atoms with van der Waals surface area (Å²) in [6.07, 6.45) is 0.560. The number of methoxy groups -OCH3 is 1. The summed E-state index contributed by atoms with van der Waals surface area (Å²) in [5.41, 5.74) is 0.948. The molecule has 1 aromatic carbocycles. The zero-order chi connectivity index (χ0) is 14.3. The second-order valence-electron chi connectivity index (χ2n) is 4.39. The van der Waals surface area contributed by atoms with E-state index in [2.05, 4.69) is 0 Å². The number of carbonyl (C=O) groups excluding carboxylic acids is 2. The van der Waals surface area contributed by atoms with Crippen LogP contribution in [0.3, 0.4) is 0 Å². The minimum Gasteiger partial charge on any atom is -0.497 e. The van der Waals surface area contributed by atoms with E-state index in [4.69, 9.17) is 9.47 Å². The van der Waals surface area contributed by atoms with Gasteiger partial charge in [-0.15, -0.1) is 0 Å². The molecule has 0 saturated heterocycles. The topological polar surface area (TPSA) is 52.6 Å². The van der Waals surface area contributed by atoms with Crippen LogP contribution in [0.5, 0.6) is 5.75 Å². The smallest absolute Gasteiger partial charge is 0.306 e. The molecule has 0 unspecified atom stereocenters. The fourth-order valence-electron chi connectivity index (χ4n) is 1.95. The molecule has 4 heteroatoms. The Kier molecular flexibility index (Phi) is 6.06. The number of Topliss-reactive ketones (excluding diaryl/α,β-unsaturated/α-hetero) is 1. The average molecular weight is 264 g/mol. The maximum absolute atomic E-state index is 11.6. The lowest BCUT2D eigenvalue weighted by molar-refractivity contribution is -0.143. The predicted molar refractivity (Wildman–Crippen MR) is 72.3 cm³/mol. The highest BCUT2D eigenvalue weighted by Gasteiger charge is 2.18. The summed E-state index contributed by atoms with van der Waals surface area (Å²) in [5, 5.41) is 0. The molecular weight excluding hydrogens is 244 g/mol. The minimum absolute atomic E-state index is 0.0603. The molecule has 0 N–H and O–H groups in total. The molecule has 0 aromatic heterocycles. The number of benzene rings is 1. The Hall–Kier alpha value is -1.84. The van der Waals surface area contributed by atoms with Gasteiger partial charge in [-0.2, -0.15) is 0 Å². The van der Waals surface area contributed by atoms with E-state index in [-0.39, 0.29) is 24.1 Å². The van der Waals surface area contributed by atoms with Crippen molar-refractivity contribution < 1.29 is 19.1 Å². The van der Waals surface area contributed by atoms with Gasteiger partial charge in [-0.05, 0) is 31.5 Å². The van der Waals surface area contributed by atoms with Crippen LogP contribution in [0.2, 0.25) is 0 Å². The highest BCUT2D eigenvalue weighted by atomic mass is 16.5. The van der Waals surface area contributed by atoms with Crippen molar-refractivity contribution in [1.29, 1.82) is 0 Å². The first-order chi connectivity index (χ1) is 9.06. The van der Waals surface area contributed by atoms with Crippen LogP contribution in [0.25, 0.3) is 0 Å². The van der Waals surface area contributed by atoms with Gasteiger partial charge >= 0.3 is 5.97 Å². The Morgan fingerprint density at radius 2 is 1.79 bits per heavy atom. The van der Waals surface area contributed by atoms with Gasteiger partial charge in [0.05, 0.1) is 20.1 Å². The second-order valence-corrected chi connectivity index (χ2v) is 4.39. The maximum Gasteiger partial charge on any atom is 0.306 e. The fourth-order valence-corrected chi connectivity index (χ4v) is 1.95.